The highest BCUT2D eigenvalue weighted by atomic mass is 32.2. The minimum Gasteiger partial charge on any atom is -0.465 e. The molecule has 0 saturated carbocycles. The van der Waals surface area contributed by atoms with E-state index in [4.69, 9.17) is 9.73 Å². The van der Waals surface area contributed by atoms with Crippen LogP contribution in [0.1, 0.15) is 12.5 Å². The van der Waals surface area contributed by atoms with Crippen LogP contribution in [0, 0.1) is 6.92 Å². The first kappa shape index (κ1) is 18.0. The van der Waals surface area contributed by atoms with E-state index in [9.17, 15) is 0 Å². The maximum absolute atomic E-state index is 5.80. The Hall–Kier alpha value is -2.78. The number of aliphatic imine (C=N–C) groups is 1. The van der Waals surface area contributed by atoms with Gasteiger partial charge < -0.3 is 4.74 Å². The average Bonchev–Trinajstić information content (AvgIpc) is 2.69. The molecule has 0 spiro atoms. The van der Waals surface area contributed by atoms with Gasteiger partial charge in [-0.15, -0.1) is 0 Å². The van der Waals surface area contributed by atoms with E-state index in [2.05, 4.69) is 25.1 Å². The number of thioether (sulfide) groups is 1. The van der Waals surface area contributed by atoms with E-state index in [1.807, 2.05) is 73.7 Å². The highest BCUT2D eigenvalue weighted by Gasteiger charge is 2.08. The van der Waals surface area contributed by atoms with E-state index in [-0.39, 0.29) is 0 Å². The molecule has 0 aliphatic rings. The summed E-state index contributed by atoms with van der Waals surface area (Å²) in [6.45, 7) is 4.10. The Morgan fingerprint density at radius 1 is 0.846 bits per heavy atom. The van der Waals surface area contributed by atoms with E-state index in [0.717, 1.165) is 32.5 Å². The summed E-state index contributed by atoms with van der Waals surface area (Å²) in [6, 6.07) is 28.2. The fraction of sp³-hybridized carbons (Fsp3) is 0.0870. The van der Waals surface area contributed by atoms with Crippen LogP contribution in [-0.4, -0.2) is 5.04 Å². The number of rotatable bonds is 5. The van der Waals surface area contributed by atoms with Crippen molar-refractivity contribution < 1.29 is 4.74 Å². The van der Waals surface area contributed by atoms with Crippen LogP contribution in [0.15, 0.2) is 107 Å². The van der Waals surface area contributed by atoms with Gasteiger partial charge in [-0.3, -0.25) is 0 Å². The normalized spacial score (nSPS) is 12.1. The molecule has 26 heavy (non-hydrogen) atoms. The summed E-state index contributed by atoms with van der Waals surface area (Å²) >= 11 is 1.64. The van der Waals surface area contributed by atoms with E-state index in [1.165, 1.54) is 0 Å². The van der Waals surface area contributed by atoms with Crippen molar-refractivity contribution >= 4 is 22.5 Å². The van der Waals surface area contributed by atoms with Gasteiger partial charge >= 0.3 is 0 Å². The highest BCUT2D eigenvalue weighted by Crippen LogP contribution is 2.28. The van der Waals surface area contributed by atoms with Crippen LogP contribution in [0.2, 0.25) is 0 Å². The van der Waals surface area contributed by atoms with Crippen LogP contribution in [0.4, 0.5) is 5.69 Å². The summed E-state index contributed by atoms with van der Waals surface area (Å²) in [5, 5.41) is 0.918. The lowest BCUT2D eigenvalue weighted by Crippen LogP contribution is -1.97. The molecule has 0 heterocycles. The van der Waals surface area contributed by atoms with Crippen molar-refractivity contribution in [1.29, 1.82) is 0 Å². The van der Waals surface area contributed by atoms with Crippen molar-refractivity contribution in [2.24, 2.45) is 4.99 Å². The maximum atomic E-state index is 5.80. The molecule has 3 rings (SSSR count). The van der Waals surface area contributed by atoms with Crippen molar-refractivity contribution in [3.63, 3.8) is 0 Å². The molecule has 0 radical (unpaired) electrons. The number of ether oxygens (including phenoxy) is 1. The van der Waals surface area contributed by atoms with Gasteiger partial charge in [0.05, 0.1) is 11.9 Å². The molecule has 3 heteroatoms. The van der Waals surface area contributed by atoms with E-state index < -0.39 is 0 Å². The molecular weight excluding hydrogens is 338 g/mol. The van der Waals surface area contributed by atoms with Crippen LogP contribution < -0.4 is 4.74 Å². The Bertz CT molecular complexity index is 902. The van der Waals surface area contributed by atoms with Crippen LogP contribution in [0.5, 0.6) is 5.75 Å². The van der Waals surface area contributed by atoms with Crippen molar-refractivity contribution in [2.45, 2.75) is 18.7 Å². The SMILES string of the molecule is CC(=COc1ccccc1)C(=Nc1ccccc1C)Sc1ccccc1. The first-order valence-corrected chi connectivity index (χ1v) is 9.30. The van der Waals surface area contributed by atoms with E-state index in [1.54, 1.807) is 18.0 Å². The lowest BCUT2D eigenvalue weighted by Gasteiger charge is -2.09. The van der Waals surface area contributed by atoms with Crippen LogP contribution in [-0.2, 0) is 0 Å². The average molecular weight is 359 g/mol. The summed E-state index contributed by atoms with van der Waals surface area (Å²) in [5.41, 5.74) is 3.10. The van der Waals surface area contributed by atoms with E-state index in [0.29, 0.717) is 0 Å². The highest BCUT2D eigenvalue weighted by molar-refractivity contribution is 8.14. The van der Waals surface area contributed by atoms with Crippen molar-refractivity contribution in [3.05, 3.63) is 102 Å². The summed E-state index contributed by atoms with van der Waals surface area (Å²) in [4.78, 5) is 6.04. The molecule has 0 bridgehead atoms. The first-order valence-electron chi connectivity index (χ1n) is 8.48. The molecule has 0 aliphatic carbocycles. The number of nitrogens with zero attached hydrogens (tertiary/aromatic N) is 1. The second kappa shape index (κ2) is 9.07. The Balaban J connectivity index is 1.90. The smallest absolute Gasteiger partial charge is 0.126 e. The Kier molecular flexibility index (Phi) is 6.29. The lowest BCUT2D eigenvalue weighted by atomic mass is 10.2. The molecule has 0 saturated heterocycles. The molecule has 0 fully saturated rings. The molecule has 0 amide bonds. The second-order valence-corrected chi connectivity index (χ2v) is 6.91. The summed E-state index contributed by atoms with van der Waals surface area (Å²) in [6.07, 6.45) is 1.77. The molecule has 0 atom stereocenters. The van der Waals surface area contributed by atoms with Gasteiger partial charge in [-0.1, -0.05) is 66.4 Å². The summed E-state index contributed by atoms with van der Waals surface area (Å²) in [7, 11) is 0. The predicted octanol–water partition coefficient (Wildman–Crippen LogP) is 6.80. The van der Waals surface area contributed by atoms with Gasteiger partial charge in [-0.05, 0) is 49.7 Å². The van der Waals surface area contributed by atoms with Crippen LogP contribution in [0.25, 0.3) is 0 Å². The van der Waals surface area contributed by atoms with E-state index >= 15 is 0 Å². The number of hydrogen-bond donors (Lipinski definition) is 0. The Morgan fingerprint density at radius 2 is 1.46 bits per heavy atom. The quantitative estimate of drug-likeness (QED) is 0.216. The van der Waals surface area contributed by atoms with Gasteiger partial charge in [0.15, 0.2) is 0 Å². The third-order valence-corrected chi connectivity index (χ3v) is 4.86. The maximum Gasteiger partial charge on any atom is 0.126 e. The van der Waals surface area contributed by atoms with Crippen molar-refractivity contribution in [1.82, 2.24) is 0 Å². The largest absolute Gasteiger partial charge is 0.465 e. The summed E-state index contributed by atoms with van der Waals surface area (Å²) < 4.78 is 5.80. The zero-order chi connectivity index (χ0) is 18.2. The molecule has 0 N–H and O–H groups in total. The minimum absolute atomic E-state index is 0.812. The van der Waals surface area contributed by atoms with Crippen molar-refractivity contribution in [2.75, 3.05) is 0 Å². The molecule has 0 aromatic heterocycles. The third kappa shape index (κ3) is 5.11. The Labute approximate surface area is 159 Å². The van der Waals surface area contributed by atoms with Gasteiger partial charge in [-0.25, -0.2) is 4.99 Å². The molecular formula is C23H21NOS. The summed E-state index contributed by atoms with van der Waals surface area (Å²) in [5.74, 6) is 0.812. The molecule has 130 valence electrons. The standard InChI is InChI=1S/C23H21NOS/c1-18-11-9-10-16-22(18)24-23(26-21-14-7-4-8-15-21)19(2)17-25-20-12-5-3-6-13-20/h3-17H,1-2H3. The number of hydrogen-bond acceptors (Lipinski definition) is 3. The third-order valence-electron chi connectivity index (χ3n) is 3.75. The first-order chi connectivity index (χ1) is 12.7. The predicted molar refractivity (Wildman–Crippen MR) is 111 cm³/mol. The van der Waals surface area contributed by atoms with Gasteiger partial charge in [0, 0.05) is 10.5 Å². The van der Waals surface area contributed by atoms with Gasteiger partial charge in [0.1, 0.15) is 10.8 Å². The number of benzene rings is 3. The van der Waals surface area contributed by atoms with Gasteiger partial charge in [0.25, 0.3) is 0 Å². The molecule has 0 unspecified atom stereocenters. The van der Waals surface area contributed by atoms with Gasteiger partial charge in [-0.2, -0.15) is 0 Å². The monoisotopic (exact) mass is 359 g/mol. The topological polar surface area (TPSA) is 21.6 Å². The molecule has 3 aromatic carbocycles. The van der Waals surface area contributed by atoms with Crippen LogP contribution >= 0.6 is 11.8 Å². The number of para-hydroxylation sites is 2. The molecule has 0 aliphatic heterocycles. The minimum atomic E-state index is 0.812. The molecule has 2 nitrogen and oxygen atoms in total. The zero-order valence-corrected chi connectivity index (χ0v) is 15.7. The lowest BCUT2D eigenvalue weighted by molar-refractivity contribution is 0.478. The van der Waals surface area contributed by atoms with Gasteiger partial charge in [0.2, 0.25) is 0 Å². The Morgan fingerprint density at radius 3 is 2.15 bits per heavy atom. The fourth-order valence-electron chi connectivity index (χ4n) is 2.30. The number of aryl methyl sites for hydroxylation is 1. The van der Waals surface area contributed by atoms with Crippen LogP contribution in [0.3, 0.4) is 0 Å². The second-order valence-electron chi connectivity index (χ2n) is 5.85. The zero-order valence-electron chi connectivity index (χ0n) is 14.9. The van der Waals surface area contributed by atoms with Crippen molar-refractivity contribution in [3.8, 4) is 5.75 Å². The fourth-order valence-corrected chi connectivity index (χ4v) is 3.17. The molecule has 3 aromatic rings.